The number of furan rings is 1. The van der Waals surface area contributed by atoms with E-state index >= 15 is 0 Å². The van der Waals surface area contributed by atoms with Crippen molar-refractivity contribution in [2.24, 2.45) is 0 Å². The number of ketones is 1. The molecule has 60 valence electrons. The van der Waals surface area contributed by atoms with Gasteiger partial charge in [-0.3, -0.25) is 4.79 Å². The van der Waals surface area contributed by atoms with Crippen LogP contribution in [0.2, 0.25) is 0 Å². The number of hydrogen-bond donors (Lipinski definition) is 1. The number of rotatable bonds is 2. The summed E-state index contributed by atoms with van der Waals surface area (Å²) in [5, 5.41) is 12.5. The van der Waals surface area contributed by atoms with Crippen molar-refractivity contribution in [3.8, 4) is 0 Å². The quantitative estimate of drug-likeness (QED) is 0.632. The highest BCUT2D eigenvalue weighted by molar-refractivity contribution is 6.04. The van der Waals surface area contributed by atoms with Gasteiger partial charge in [0.2, 0.25) is 5.82 Å². The van der Waals surface area contributed by atoms with Gasteiger partial charge < -0.3 is 4.42 Å². The summed E-state index contributed by atoms with van der Waals surface area (Å²) in [6.07, 6.45) is 1.41. The van der Waals surface area contributed by atoms with E-state index in [0.717, 1.165) is 0 Å². The van der Waals surface area contributed by atoms with Crippen molar-refractivity contribution in [3.63, 3.8) is 0 Å². The fraction of sp³-hybridized carbons (Fsp3) is 0. The first-order valence-electron chi connectivity index (χ1n) is 3.19. The summed E-state index contributed by atoms with van der Waals surface area (Å²) < 4.78 is 4.85. The van der Waals surface area contributed by atoms with Crippen LogP contribution in [0, 0.1) is 0 Å². The number of hydrogen-bond acceptors (Lipinski definition) is 5. The lowest BCUT2D eigenvalue weighted by Gasteiger charge is -1.85. The Balaban J connectivity index is 2.34. The average Bonchev–Trinajstić information content (AvgIpc) is 2.77. The zero-order valence-corrected chi connectivity index (χ0v) is 5.89. The van der Waals surface area contributed by atoms with Gasteiger partial charge in [-0.05, 0) is 17.3 Å². The SMILES string of the molecule is O=C(c1nn[nH]n1)c1ccco1. The molecule has 12 heavy (non-hydrogen) atoms. The van der Waals surface area contributed by atoms with E-state index in [4.69, 9.17) is 4.42 Å². The highest BCUT2D eigenvalue weighted by Crippen LogP contribution is 2.04. The second-order valence-corrected chi connectivity index (χ2v) is 2.04. The molecular weight excluding hydrogens is 160 g/mol. The van der Waals surface area contributed by atoms with Crippen molar-refractivity contribution in [1.82, 2.24) is 20.6 Å². The Bertz CT molecular complexity index is 328. The Labute approximate surface area is 66.6 Å². The minimum absolute atomic E-state index is 0.00458. The molecule has 0 atom stereocenters. The fourth-order valence-electron chi connectivity index (χ4n) is 0.776. The van der Waals surface area contributed by atoms with Crippen molar-refractivity contribution in [2.75, 3.05) is 0 Å². The number of tetrazole rings is 1. The molecule has 2 heterocycles. The summed E-state index contributed by atoms with van der Waals surface area (Å²) >= 11 is 0. The first-order valence-corrected chi connectivity index (χ1v) is 3.19. The van der Waals surface area contributed by atoms with E-state index in [9.17, 15) is 4.79 Å². The first-order chi connectivity index (χ1) is 5.88. The minimum atomic E-state index is -0.381. The predicted octanol–water partition coefficient (Wildman–Crippen LogP) is 0.0237. The Morgan fingerprint density at radius 1 is 1.58 bits per heavy atom. The third-order valence-corrected chi connectivity index (χ3v) is 1.29. The number of nitrogens with one attached hydrogen (secondary N) is 1. The van der Waals surface area contributed by atoms with Crippen LogP contribution in [-0.4, -0.2) is 26.4 Å². The molecule has 0 unspecified atom stereocenters. The molecule has 0 bridgehead atoms. The third kappa shape index (κ3) is 0.986. The van der Waals surface area contributed by atoms with E-state index in [1.807, 2.05) is 0 Å². The smallest absolute Gasteiger partial charge is 0.269 e. The van der Waals surface area contributed by atoms with E-state index < -0.39 is 0 Å². The van der Waals surface area contributed by atoms with E-state index in [-0.39, 0.29) is 17.4 Å². The molecule has 2 aromatic rings. The van der Waals surface area contributed by atoms with Gasteiger partial charge in [0, 0.05) is 0 Å². The molecule has 0 amide bonds. The van der Waals surface area contributed by atoms with Crippen LogP contribution in [0.1, 0.15) is 16.4 Å². The molecular formula is C6H4N4O2. The summed E-state index contributed by atoms with van der Waals surface area (Å²) in [6, 6.07) is 3.16. The molecule has 0 fully saturated rings. The predicted molar refractivity (Wildman–Crippen MR) is 36.3 cm³/mol. The number of H-pyrrole nitrogens is 1. The Kier molecular flexibility index (Phi) is 1.44. The number of aromatic amines is 1. The Hall–Kier alpha value is -1.98. The van der Waals surface area contributed by atoms with E-state index in [2.05, 4.69) is 20.6 Å². The van der Waals surface area contributed by atoms with E-state index in [1.165, 1.54) is 6.26 Å². The number of carbonyl (C=O) groups excluding carboxylic acids is 1. The highest BCUT2D eigenvalue weighted by Gasteiger charge is 2.15. The van der Waals surface area contributed by atoms with Crippen molar-refractivity contribution >= 4 is 5.78 Å². The zero-order chi connectivity index (χ0) is 8.39. The molecule has 6 heteroatoms. The number of nitrogens with zero attached hydrogens (tertiary/aromatic N) is 3. The second kappa shape index (κ2) is 2.57. The van der Waals surface area contributed by atoms with Gasteiger partial charge in [0.05, 0.1) is 6.26 Å². The maximum atomic E-state index is 11.3. The van der Waals surface area contributed by atoms with Gasteiger partial charge in [0.15, 0.2) is 5.76 Å². The lowest BCUT2D eigenvalue weighted by molar-refractivity contribution is 0.0999. The van der Waals surface area contributed by atoms with Crippen LogP contribution < -0.4 is 0 Å². The Morgan fingerprint density at radius 3 is 3.08 bits per heavy atom. The van der Waals surface area contributed by atoms with Crippen LogP contribution in [0.3, 0.4) is 0 Å². The van der Waals surface area contributed by atoms with Gasteiger partial charge in [-0.2, -0.15) is 5.21 Å². The van der Waals surface area contributed by atoms with E-state index in [1.54, 1.807) is 12.1 Å². The molecule has 1 N–H and O–H groups in total. The van der Waals surface area contributed by atoms with E-state index in [0.29, 0.717) is 0 Å². The molecule has 2 aromatic heterocycles. The van der Waals surface area contributed by atoms with Crippen molar-refractivity contribution in [1.29, 1.82) is 0 Å². The number of carbonyl (C=O) groups is 1. The first kappa shape index (κ1) is 6.71. The summed E-state index contributed by atoms with van der Waals surface area (Å²) in [5.74, 6) is -0.171. The van der Waals surface area contributed by atoms with Gasteiger partial charge >= 0.3 is 0 Å². The molecule has 0 aliphatic rings. The summed E-state index contributed by atoms with van der Waals surface area (Å²) in [7, 11) is 0. The average molecular weight is 164 g/mol. The molecule has 6 nitrogen and oxygen atoms in total. The summed E-state index contributed by atoms with van der Waals surface area (Å²) in [6.45, 7) is 0. The third-order valence-electron chi connectivity index (χ3n) is 1.29. The van der Waals surface area contributed by atoms with Gasteiger partial charge in [-0.15, -0.1) is 10.2 Å². The zero-order valence-electron chi connectivity index (χ0n) is 5.89. The van der Waals surface area contributed by atoms with Crippen molar-refractivity contribution in [2.45, 2.75) is 0 Å². The van der Waals surface area contributed by atoms with Gasteiger partial charge in [0.25, 0.3) is 5.78 Å². The van der Waals surface area contributed by atoms with Crippen molar-refractivity contribution in [3.05, 3.63) is 30.0 Å². The van der Waals surface area contributed by atoms with Crippen LogP contribution in [0.5, 0.6) is 0 Å². The Morgan fingerprint density at radius 2 is 2.50 bits per heavy atom. The molecule has 0 spiro atoms. The van der Waals surface area contributed by atoms with Gasteiger partial charge in [-0.25, -0.2) is 0 Å². The maximum absolute atomic E-state index is 11.3. The van der Waals surface area contributed by atoms with Crippen LogP contribution in [0.25, 0.3) is 0 Å². The van der Waals surface area contributed by atoms with Crippen LogP contribution in [0.15, 0.2) is 22.8 Å². The van der Waals surface area contributed by atoms with Crippen LogP contribution in [0.4, 0.5) is 0 Å². The fourth-order valence-corrected chi connectivity index (χ4v) is 0.776. The second-order valence-electron chi connectivity index (χ2n) is 2.04. The topological polar surface area (TPSA) is 84.7 Å². The molecule has 0 saturated carbocycles. The monoisotopic (exact) mass is 164 g/mol. The lowest BCUT2D eigenvalue weighted by atomic mass is 10.3. The molecule has 0 saturated heterocycles. The standard InChI is InChI=1S/C6H4N4O2/c11-5(4-2-1-3-12-4)6-7-9-10-8-6/h1-3H,(H,7,8,9,10). The largest absolute Gasteiger partial charge is 0.461 e. The highest BCUT2D eigenvalue weighted by atomic mass is 16.3. The molecule has 0 aromatic carbocycles. The number of aromatic nitrogens is 4. The lowest BCUT2D eigenvalue weighted by Crippen LogP contribution is -2.01. The summed E-state index contributed by atoms with van der Waals surface area (Å²) in [4.78, 5) is 11.3. The molecule has 0 aliphatic carbocycles. The normalized spacial score (nSPS) is 10.0. The molecule has 0 radical (unpaired) electrons. The molecule has 0 aliphatic heterocycles. The van der Waals surface area contributed by atoms with Crippen LogP contribution in [-0.2, 0) is 0 Å². The van der Waals surface area contributed by atoms with Gasteiger partial charge in [0.1, 0.15) is 0 Å². The van der Waals surface area contributed by atoms with Gasteiger partial charge in [-0.1, -0.05) is 0 Å². The molecule has 2 rings (SSSR count). The summed E-state index contributed by atoms with van der Waals surface area (Å²) in [5.41, 5.74) is 0. The van der Waals surface area contributed by atoms with Crippen LogP contribution >= 0.6 is 0 Å². The minimum Gasteiger partial charge on any atom is -0.461 e. The van der Waals surface area contributed by atoms with Crippen molar-refractivity contribution < 1.29 is 9.21 Å². The maximum Gasteiger partial charge on any atom is 0.269 e.